The van der Waals surface area contributed by atoms with Gasteiger partial charge in [0.15, 0.2) is 5.78 Å². The van der Waals surface area contributed by atoms with Crippen molar-refractivity contribution < 1.29 is 4.79 Å². The fourth-order valence-electron chi connectivity index (χ4n) is 2.93. The zero-order valence-corrected chi connectivity index (χ0v) is 11.3. The molecule has 0 aromatic heterocycles. The van der Waals surface area contributed by atoms with E-state index in [4.69, 9.17) is 0 Å². The molecule has 0 aliphatic heterocycles. The summed E-state index contributed by atoms with van der Waals surface area (Å²) in [6.45, 7) is 0. The summed E-state index contributed by atoms with van der Waals surface area (Å²) in [5, 5.41) is 2.18. The van der Waals surface area contributed by atoms with Gasteiger partial charge in [-0.15, -0.1) is 0 Å². The number of para-hydroxylation sites is 1. The lowest BCUT2D eigenvalue weighted by Crippen LogP contribution is -2.30. The normalized spacial score (nSPS) is 16.4. The third kappa shape index (κ3) is 1.90. The van der Waals surface area contributed by atoms with Gasteiger partial charge in [0, 0.05) is 11.3 Å². The molecule has 0 saturated heterocycles. The van der Waals surface area contributed by atoms with E-state index < -0.39 is 0 Å². The largest absolute Gasteiger partial charge is 0.321 e. The molecule has 3 aromatic rings. The van der Waals surface area contributed by atoms with Crippen molar-refractivity contribution in [2.45, 2.75) is 6.04 Å². The summed E-state index contributed by atoms with van der Waals surface area (Å²) in [6, 6.07) is 21.4. The van der Waals surface area contributed by atoms with Crippen LogP contribution in [-0.2, 0) is 0 Å². The van der Waals surface area contributed by atoms with Crippen LogP contribution in [0.2, 0.25) is 0 Å². The molecule has 0 fully saturated rings. The maximum atomic E-state index is 12.6. The van der Waals surface area contributed by atoms with Crippen LogP contribution in [0.3, 0.4) is 0 Å². The molecule has 0 radical (unpaired) electrons. The van der Waals surface area contributed by atoms with E-state index in [1.54, 1.807) is 0 Å². The smallest absolute Gasteiger partial charge is 0.186 e. The first-order valence-electron chi connectivity index (χ1n) is 6.97. The highest BCUT2D eigenvalue weighted by Gasteiger charge is 2.32. The first kappa shape index (κ1) is 12.1. The Hall–Kier alpha value is -2.65. The Bertz CT molecular complexity index is 822. The van der Waals surface area contributed by atoms with Crippen molar-refractivity contribution in [2.24, 2.45) is 0 Å². The van der Waals surface area contributed by atoms with E-state index in [9.17, 15) is 4.79 Å². The molecule has 1 aliphatic carbocycles. The van der Waals surface area contributed by atoms with E-state index in [1.165, 1.54) is 0 Å². The number of nitrogens with one attached hydrogen (secondary N) is 2. The van der Waals surface area contributed by atoms with Gasteiger partial charge in [0.1, 0.15) is 6.04 Å². The van der Waals surface area contributed by atoms with Crippen molar-refractivity contribution in [1.29, 1.82) is 0 Å². The zero-order valence-electron chi connectivity index (χ0n) is 11.3. The number of Topliss-reactive ketones (excluding diaryl/α,β-unsaturated/α-hetero) is 1. The van der Waals surface area contributed by atoms with E-state index in [0.717, 1.165) is 27.6 Å². The number of ketones is 1. The molecule has 0 spiro atoms. The molecule has 0 saturated carbocycles. The van der Waals surface area contributed by atoms with Crippen LogP contribution in [-0.4, -0.2) is 5.78 Å². The van der Waals surface area contributed by atoms with Gasteiger partial charge in [-0.05, 0) is 28.5 Å². The third-order valence-corrected chi connectivity index (χ3v) is 3.91. The van der Waals surface area contributed by atoms with Crippen LogP contribution >= 0.6 is 0 Å². The molecule has 102 valence electrons. The maximum Gasteiger partial charge on any atom is 0.186 e. The van der Waals surface area contributed by atoms with E-state index in [2.05, 4.69) is 10.9 Å². The molecular formula is C18H14N2O. The van der Waals surface area contributed by atoms with Crippen LogP contribution in [0.4, 0.5) is 5.69 Å². The second-order valence-corrected chi connectivity index (χ2v) is 5.18. The topological polar surface area (TPSA) is 41.1 Å². The van der Waals surface area contributed by atoms with Gasteiger partial charge in [-0.2, -0.15) is 0 Å². The molecule has 0 amide bonds. The van der Waals surface area contributed by atoms with Gasteiger partial charge in [-0.25, -0.2) is 5.43 Å². The molecule has 0 heterocycles. The average Bonchev–Trinajstić information content (AvgIpc) is 2.81. The molecule has 1 unspecified atom stereocenters. The molecular weight excluding hydrogens is 260 g/mol. The molecule has 0 bridgehead atoms. The summed E-state index contributed by atoms with van der Waals surface area (Å²) in [5.74, 6) is 0.116. The summed E-state index contributed by atoms with van der Waals surface area (Å²) >= 11 is 0. The fraction of sp³-hybridized carbons (Fsp3) is 0.0556. The number of hydrogen-bond acceptors (Lipinski definition) is 3. The van der Waals surface area contributed by atoms with E-state index in [1.807, 2.05) is 66.7 Å². The Balaban J connectivity index is 1.70. The van der Waals surface area contributed by atoms with Crippen LogP contribution in [0.1, 0.15) is 22.0 Å². The Morgan fingerprint density at radius 3 is 2.38 bits per heavy atom. The Morgan fingerprint density at radius 1 is 0.810 bits per heavy atom. The number of hydrogen-bond donors (Lipinski definition) is 2. The van der Waals surface area contributed by atoms with Crippen molar-refractivity contribution in [1.82, 2.24) is 5.43 Å². The number of carbonyl (C=O) groups is 1. The fourth-order valence-corrected chi connectivity index (χ4v) is 2.93. The van der Waals surface area contributed by atoms with E-state index in [-0.39, 0.29) is 11.8 Å². The van der Waals surface area contributed by atoms with Gasteiger partial charge in [0.2, 0.25) is 0 Å². The number of anilines is 1. The minimum atomic E-state index is -0.341. The second kappa shape index (κ2) is 4.72. The number of hydrazine groups is 1. The van der Waals surface area contributed by atoms with Gasteiger partial charge in [0.25, 0.3) is 0 Å². The standard InChI is InChI=1S/C18H14N2O/c21-18-15-11-5-7-12-6-4-10-14(16(12)15)17(18)20-19-13-8-2-1-3-9-13/h1-11,17,19-20H. The van der Waals surface area contributed by atoms with Gasteiger partial charge >= 0.3 is 0 Å². The predicted octanol–water partition coefficient (Wildman–Crippen LogP) is 3.69. The van der Waals surface area contributed by atoms with Crippen LogP contribution in [0.5, 0.6) is 0 Å². The highest BCUT2D eigenvalue weighted by molar-refractivity contribution is 6.17. The minimum absolute atomic E-state index is 0.116. The second-order valence-electron chi connectivity index (χ2n) is 5.18. The van der Waals surface area contributed by atoms with Crippen molar-refractivity contribution in [3.8, 4) is 0 Å². The van der Waals surface area contributed by atoms with E-state index >= 15 is 0 Å². The minimum Gasteiger partial charge on any atom is -0.321 e. The molecule has 3 nitrogen and oxygen atoms in total. The average molecular weight is 274 g/mol. The van der Waals surface area contributed by atoms with Crippen LogP contribution in [0.25, 0.3) is 10.8 Å². The molecule has 2 N–H and O–H groups in total. The van der Waals surface area contributed by atoms with E-state index in [0.29, 0.717) is 0 Å². The van der Waals surface area contributed by atoms with Crippen molar-refractivity contribution in [3.63, 3.8) is 0 Å². The summed E-state index contributed by atoms with van der Waals surface area (Å²) in [6.07, 6.45) is 0. The molecule has 21 heavy (non-hydrogen) atoms. The van der Waals surface area contributed by atoms with Gasteiger partial charge in [-0.1, -0.05) is 54.6 Å². The summed E-state index contributed by atoms with van der Waals surface area (Å²) in [5.41, 5.74) is 9.06. The van der Waals surface area contributed by atoms with Crippen LogP contribution < -0.4 is 10.9 Å². The first-order valence-corrected chi connectivity index (χ1v) is 6.97. The van der Waals surface area contributed by atoms with Crippen LogP contribution in [0, 0.1) is 0 Å². The van der Waals surface area contributed by atoms with Gasteiger partial charge in [-0.3, -0.25) is 4.79 Å². The molecule has 3 aromatic carbocycles. The lowest BCUT2D eigenvalue weighted by atomic mass is 10.1. The Kier molecular flexibility index (Phi) is 2.72. The summed E-state index contributed by atoms with van der Waals surface area (Å²) in [7, 11) is 0. The lowest BCUT2D eigenvalue weighted by molar-refractivity contribution is 0.0956. The van der Waals surface area contributed by atoms with Crippen molar-refractivity contribution in [3.05, 3.63) is 77.9 Å². The summed E-state index contributed by atoms with van der Waals surface area (Å²) < 4.78 is 0. The molecule has 4 rings (SSSR count). The van der Waals surface area contributed by atoms with Crippen molar-refractivity contribution in [2.75, 3.05) is 5.43 Å². The Labute approximate surface area is 122 Å². The first-order chi connectivity index (χ1) is 10.3. The maximum absolute atomic E-state index is 12.6. The zero-order chi connectivity index (χ0) is 14.2. The molecule has 1 aliphatic rings. The molecule has 3 heteroatoms. The number of rotatable bonds is 3. The number of benzene rings is 3. The van der Waals surface area contributed by atoms with Gasteiger partial charge < -0.3 is 5.43 Å². The van der Waals surface area contributed by atoms with Crippen LogP contribution in [0.15, 0.2) is 66.7 Å². The lowest BCUT2D eigenvalue weighted by Gasteiger charge is -2.15. The summed E-state index contributed by atoms with van der Waals surface area (Å²) in [4.78, 5) is 12.6. The monoisotopic (exact) mass is 274 g/mol. The predicted molar refractivity (Wildman–Crippen MR) is 84.2 cm³/mol. The quantitative estimate of drug-likeness (QED) is 0.716. The number of carbonyl (C=O) groups excluding carboxylic acids is 1. The Morgan fingerprint density at radius 2 is 1.57 bits per heavy atom. The third-order valence-electron chi connectivity index (χ3n) is 3.91. The van der Waals surface area contributed by atoms with Gasteiger partial charge in [0.05, 0.1) is 0 Å². The van der Waals surface area contributed by atoms with Crippen molar-refractivity contribution >= 4 is 22.2 Å². The molecule has 1 atom stereocenters. The highest BCUT2D eigenvalue weighted by Crippen LogP contribution is 2.36. The highest BCUT2D eigenvalue weighted by atomic mass is 16.1. The SMILES string of the molecule is O=C1c2cccc3cccc(c23)C1NNc1ccccc1.